The predicted octanol–water partition coefficient (Wildman–Crippen LogP) is 1.95. The van der Waals surface area contributed by atoms with E-state index in [1.165, 1.54) is 6.92 Å². The van der Waals surface area contributed by atoms with Crippen LogP contribution in [-0.4, -0.2) is 52.5 Å². The van der Waals surface area contributed by atoms with Crippen molar-refractivity contribution in [3.05, 3.63) is 102 Å². The SMILES string of the molecule is CC(C)C(NC(=O)[C@H](C)NC(=O)[C@H](Cc1ccccc1)NC(=O)c1ccccc1)C(=O)C(=O)NCc1ccccn1. The van der Waals surface area contributed by atoms with E-state index in [0.717, 1.165) is 5.56 Å². The molecule has 10 heteroatoms. The Morgan fingerprint density at radius 1 is 0.732 bits per heavy atom. The third-order valence-electron chi connectivity index (χ3n) is 6.32. The van der Waals surface area contributed by atoms with Crippen LogP contribution in [0.15, 0.2) is 85.1 Å². The number of hydrogen-bond acceptors (Lipinski definition) is 6. The van der Waals surface area contributed by atoms with Gasteiger partial charge in [0.1, 0.15) is 12.1 Å². The minimum absolute atomic E-state index is 0.0636. The second-order valence-electron chi connectivity index (χ2n) is 9.91. The third-order valence-corrected chi connectivity index (χ3v) is 6.32. The fourth-order valence-corrected chi connectivity index (χ4v) is 3.98. The number of benzene rings is 2. The van der Waals surface area contributed by atoms with Crippen molar-refractivity contribution in [2.45, 2.75) is 51.9 Å². The highest BCUT2D eigenvalue weighted by Crippen LogP contribution is 2.08. The Bertz CT molecular complexity index is 1330. The number of nitrogens with zero attached hydrogens (tertiary/aromatic N) is 1. The zero-order valence-corrected chi connectivity index (χ0v) is 23.3. The van der Waals surface area contributed by atoms with E-state index < -0.39 is 53.5 Å². The van der Waals surface area contributed by atoms with Gasteiger partial charge >= 0.3 is 0 Å². The molecule has 41 heavy (non-hydrogen) atoms. The van der Waals surface area contributed by atoms with Crippen LogP contribution in [0.4, 0.5) is 0 Å². The average Bonchev–Trinajstić information content (AvgIpc) is 2.99. The zero-order valence-electron chi connectivity index (χ0n) is 23.3. The van der Waals surface area contributed by atoms with Crippen molar-refractivity contribution in [3.8, 4) is 0 Å². The van der Waals surface area contributed by atoms with Crippen molar-refractivity contribution in [2.75, 3.05) is 0 Å². The van der Waals surface area contributed by atoms with Crippen molar-refractivity contribution in [1.29, 1.82) is 0 Å². The highest BCUT2D eigenvalue weighted by molar-refractivity contribution is 6.38. The molecule has 214 valence electrons. The van der Waals surface area contributed by atoms with Gasteiger partial charge in [-0.1, -0.05) is 68.4 Å². The van der Waals surface area contributed by atoms with Crippen molar-refractivity contribution in [3.63, 3.8) is 0 Å². The number of carbonyl (C=O) groups excluding carboxylic acids is 5. The molecule has 0 radical (unpaired) electrons. The van der Waals surface area contributed by atoms with E-state index in [1.807, 2.05) is 30.3 Å². The quantitative estimate of drug-likeness (QED) is 0.236. The summed E-state index contributed by atoms with van der Waals surface area (Å²) in [6.07, 6.45) is 1.77. The molecule has 1 heterocycles. The molecule has 0 saturated heterocycles. The van der Waals surface area contributed by atoms with Gasteiger partial charge in [-0.25, -0.2) is 0 Å². The first-order chi connectivity index (χ1) is 19.7. The van der Waals surface area contributed by atoms with Crippen LogP contribution in [0.5, 0.6) is 0 Å². The lowest BCUT2D eigenvalue weighted by molar-refractivity contribution is -0.141. The number of ketones is 1. The van der Waals surface area contributed by atoms with Gasteiger partial charge < -0.3 is 21.3 Å². The van der Waals surface area contributed by atoms with Gasteiger partial charge in [0.25, 0.3) is 11.8 Å². The van der Waals surface area contributed by atoms with Crippen LogP contribution < -0.4 is 21.3 Å². The molecular weight excluding hydrogens is 522 g/mol. The van der Waals surface area contributed by atoms with Crippen LogP contribution in [0.2, 0.25) is 0 Å². The highest BCUT2D eigenvalue weighted by atomic mass is 16.2. The molecule has 0 aliphatic rings. The van der Waals surface area contributed by atoms with Gasteiger partial charge in [0.15, 0.2) is 0 Å². The lowest BCUT2D eigenvalue weighted by atomic mass is 9.98. The van der Waals surface area contributed by atoms with Crippen molar-refractivity contribution < 1.29 is 24.0 Å². The van der Waals surface area contributed by atoms with Crippen LogP contribution in [-0.2, 0) is 32.1 Å². The van der Waals surface area contributed by atoms with Crippen LogP contribution in [0.1, 0.15) is 42.4 Å². The smallest absolute Gasteiger partial charge is 0.289 e. The zero-order chi connectivity index (χ0) is 29.8. The lowest BCUT2D eigenvalue weighted by Gasteiger charge is -2.25. The molecule has 0 spiro atoms. The third kappa shape index (κ3) is 9.38. The minimum Gasteiger partial charge on any atom is -0.344 e. The molecule has 3 atom stereocenters. The van der Waals surface area contributed by atoms with Crippen molar-refractivity contribution >= 4 is 29.4 Å². The van der Waals surface area contributed by atoms with E-state index >= 15 is 0 Å². The van der Waals surface area contributed by atoms with Gasteiger partial charge in [-0.05, 0) is 42.7 Å². The molecule has 0 saturated carbocycles. The molecule has 1 unspecified atom stereocenters. The summed E-state index contributed by atoms with van der Waals surface area (Å²) in [7, 11) is 0. The first-order valence-corrected chi connectivity index (χ1v) is 13.4. The van der Waals surface area contributed by atoms with E-state index in [-0.39, 0.29) is 13.0 Å². The largest absolute Gasteiger partial charge is 0.344 e. The number of rotatable bonds is 13. The molecule has 1 aromatic heterocycles. The molecule has 3 aromatic rings. The van der Waals surface area contributed by atoms with E-state index in [2.05, 4.69) is 26.3 Å². The Labute approximate surface area is 239 Å². The molecule has 4 N–H and O–H groups in total. The summed E-state index contributed by atoms with van der Waals surface area (Å²) >= 11 is 0. The van der Waals surface area contributed by atoms with Crippen LogP contribution in [0.3, 0.4) is 0 Å². The standard InChI is InChI=1S/C31H35N5O5/c1-20(2)26(27(37)31(41)33-19-24-16-10-11-17-32-24)36-28(38)21(3)34-30(40)25(18-22-12-6-4-7-13-22)35-29(39)23-14-8-5-9-15-23/h4-17,20-21,25-26H,18-19H2,1-3H3,(H,33,41)(H,34,40)(H,35,39)(H,36,38)/t21-,25-,26?/m0/s1. The first-order valence-electron chi connectivity index (χ1n) is 13.4. The normalized spacial score (nSPS) is 12.9. The van der Waals surface area contributed by atoms with E-state index in [4.69, 9.17) is 0 Å². The van der Waals surface area contributed by atoms with E-state index in [0.29, 0.717) is 11.3 Å². The topological polar surface area (TPSA) is 146 Å². The molecular formula is C31H35N5O5. The molecule has 0 fully saturated rings. The first kappa shape index (κ1) is 30.7. The van der Waals surface area contributed by atoms with Crippen LogP contribution in [0.25, 0.3) is 0 Å². The second-order valence-corrected chi connectivity index (χ2v) is 9.91. The summed E-state index contributed by atoms with van der Waals surface area (Å²) in [5, 5.41) is 10.5. The van der Waals surface area contributed by atoms with Gasteiger partial charge in [-0.15, -0.1) is 0 Å². The van der Waals surface area contributed by atoms with Gasteiger partial charge in [0.05, 0.1) is 18.3 Å². The van der Waals surface area contributed by atoms with Gasteiger partial charge in [0.2, 0.25) is 17.6 Å². The van der Waals surface area contributed by atoms with E-state index in [9.17, 15) is 24.0 Å². The van der Waals surface area contributed by atoms with E-state index in [1.54, 1.807) is 68.6 Å². The Balaban J connectivity index is 1.64. The Morgan fingerprint density at radius 2 is 1.37 bits per heavy atom. The molecule has 0 bridgehead atoms. The molecule has 0 aliphatic carbocycles. The number of aromatic nitrogens is 1. The average molecular weight is 558 g/mol. The number of carbonyl (C=O) groups is 5. The Hall–Kier alpha value is -4.86. The number of hydrogen-bond donors (Lipinski definition) is 4. The van der Waals surface area contributed by atoms with Crippen LogP contribution >= 0.6 is 0 Å². The Kier molecular flexibility index (Phi) is 11.3. The summed E-state index contributed by atoms with van der Waals surface area (Å²) in [6.45, 7) is 4.93. The molecule has 10 nitrogen and oxygen atoms in total. The number of Topliss-reactive ketones (excluding diaryl/α,β-unsaturated/α-hetero) is 1. The van der Waals surface area contributed by atoms with Crippen LogP contribution in [0, 0.1) is 5.92 Å². The monoisotopic (exact) mass is 557 g/mol. The minimum atomic E-state index is -1.11. The molecule has 0 aliphatic heterocycles. The summed E-state index contributed by atoms with van der Waals surface area (Å²) in [4.78, 5) is 68.6. The van der Waals surface area contributed by atoms with Gasteiger partial charge in [-0.2, -0.15) is 0 Å². The summed E-state index contributed by atoms with van der Waals surface area (Å²) in [6, 6.07) is 19.8. The maximum atomic E-state index is 13.3. The fourth-order valence-electron chi connectivity index (χ4n) is 3.98. The lowest BCUT2D eigenvalue weighted by Crippen LogP contribution is -2.57. The summed E-state index contributed by atoms with van der Waals surface area (Å²) in [5.74, 6) is -3.69. The molecule has 4 amide bonds. The maximum Gasteiger partial charge on any atom is 0.289 e. The number of nitrogens with one attached hydrogen (secondary N) is 4. The molecule has 3 rings (SSSR count). The van der Waals surface area contributed by atoms with Crippen molar-refractivity contribution in [1.82, 2.24) is 26.3 Å². The Morgan fingerprint density at radius 3 is 1.98 bits per heavy atom. The second kappa shape index (κ2) is 15.1. The summed E-state index contributed by atoms with van der Waals surface area (Å²) in [5.41, 5.74) is 1.79. The highest BCUT2D eigenvalue weighted by Gasteiger charge is 2.32. The summed E-state index contributed by atoms with van der Waals surface area (Å²) < 4.78 is 0. The number of amides is 4. The molecule has 2 aromatic carbocycles. The predicted molar refractivity (Wildman–Crippen MR) is 153 cm³/mol. The number of pyridine rings is 1. The fraction of sp³-hybridized carbons (Fsp3) is 0.290. The maximum absolute atomic E-state index is 13.3. The van der Waals surface area contributed by atoms with Crippen molar-refractivity contribution in [2.24, 2.45) is 5.92 Å². The van der Waals surface area contributed by atoms with Gasteiger partial charge in [0, 0.05) is 18.2 Å². The van der Waals surface area contributed by atoms with Gasteiger partial charge in [-0.3, -0.25) is 29.0 Å².